The molecule has 2 N–H and O–H groups in total. The van der Waals surface area contributed by atoms with Crippen LogP contribution in [-0.4, -0.2) is 60.5 Å². The van der Waals surface area contributed by atoms with Crippen molar-refractivity contribution < 1.29 is 24.2 Å². The van der Waals surface area contributed by atoms with Crippen LogP contribution < -0.4 is 10.1 Å². The van der Waals surface area contributed by atoms with Gasteiger partial charge in [0.05, 0.1) is 24.7 Å². The molecule has 2 amide bonds. The van der Waals surface area contributed by atoms with Gasteiger partial charge < -0.3 is 24.8 Å². The largest absolute Gasteiger partial charge is 0.487 e. The lowest BCUT2D eigenvalue weighted by molar-refractivity contribution is -0.154. The average molecular weight is 357 g/mol. The van der Waals surface area contributed by atoms with Crippen molar-refractivity contribution >= 4 is 23.6 Å². The Balaban J connectivity index is 1.85. The van der Waals surface area contributed by atoms with E-state index in [1.807, 2.05) is 19.1 Å². The molecule has 1 aromatic carbocycles. The molecular weight excluding hydrogens is 336 g/mol. The SMILES string of the molecule is CCC(CNC(=O)N1CCOC(C(=O)O)C1)Oc1ccccc1Cl. The van der Waals surface area contributed by atoms with Crippen molar-refractivity contribution in [2.24, 2.45) is 0 Å². The third kappa shape index (κ3) is 5.01. The fraction of sp³-hybridized carbons (Fsp3) is 0.500. The zero-order valence-corrected chi connectivity index (χ0v) is 14.2. The van der Waals surface area contributed by atoms with E-state index >= 15 is 0 Å². The summed E-state index contributed by atoms with van der Waals surface area (Å²) in [6.45, 7) is 2.84. The lowest BCUT2D eigenvalue weighted by Gasteiger charge is -2.31. The molecule has 0 aromatic heterocycles. The minimum absolute atomic E-state index is 0.0311. The van der Waals surface area contributed by atoms with Gasteiger partial charge in [-0.25, -0.2) is 9.59 Å². The number of nitrogens with one attached hydrogen (secondary N) is 1. The first-order valence-electron chi connectivity index (χ1n) is 7.79. The summed E-state index contributed by atoms with van der Waals surface area (Å²) in [4.78, 5) is 24.6. The number of nitrogens with zero attached hydrogens (tertiary/aromatic N) is 1. The van der Waals surface area contributed by atoms with E-state index in [1.165, 1.54) is 4.90 Å². The summed E-state index contributed by atoms with van der Waals surface area (Å²) in [5.41, 5.74) is 0. The van der Waals surface area contributed by atoms with E-state index in [9.17, 15) is 9.59 Å². The summed E-state index contributed by atoms with van der Waals surface area (Å²) in [6, 6.07) is 6.82. The molecule has 2 unspecified atom stereocenters. The van der Waals surface area contributed by atoms with Crippen LogP contribution in [0, 0.1) is 0 Å². The number of carboxylic acids is 1. The van der Waals surface area contributed by atoms with Gasteiger partial charge >= 0.3 is 12.0 Å². The molecule has 0 radical (unpaired) electrons. The third-order valence-corrected chi connectivity index (χ3v) is 4.01. The van der Waals surface area contributed by atoms with Crippen molar-refractivity contribution in [2.45, 2.75) is 25.6 Å². The van der Waals surface area contributed by atoms with E-state index in [-0.39, 0.29) is 25.3 Å². The van der Waals surface area contributed by atoms with Gasteiger partial charge in [0.15, 0.2) is 6.10 Å². The summed E-state index contributed by atoms with van der Waals surface area (Å²) in [6.07, 6.45) is -0.525. The number of hydrogen-bond acceptors (Lipinski definition) is 4. The number of carbonyl (C=O) groups excluding carboxylic acids is 1. The number of rotatable bonds is 6. The summed E-state index contributed by atoms with van der Waals surface area (Å²) < 4.78 is 10.9. The Labute approximate surface area is 145 Å². The van der Waals surface area contributed by atoms with Gasteiger partial charge in [0.2, 0.25) is 0 Å². The molecule has 24 heavy (non-hydrogen) atoms. The molecule has 0 spiro atoms. The molecule has 1 saturated heterocycles. The molecule has 8 heteroatoms. The fourth-order valence-corrected chi connectivity index (χ4v) is 2.47. The number of ether oxygens (including phenoxy) is 2. The normalized spacial score (nSPS) is 18.8. The molecular formula is C16H21ClN2O5. The Hall–Kier alpha value is -1.99. The molecule has 1 fully saturated rings. The summed E-state index contributed by atoms with van der Waals surface area (Å²) in [5, 5.41) is 12.3. The monoisotopic (exact) mass is 356 g/mol. The Kier molecular flexibility index (Phi) is 6.69. The van der Waals surface area contributed by atoms with Crippen LogP contribution in [0.4, 0.5) is 4.79 Å². The van der Waals surface area contributed by atoms with Gasteiger partial charge in [-0.1, -0.05) is 30.7 Å². The number of urea groups is 1. The molecule has 0 saturated carbocycles. The highest BCUT2D eigenvalue weighted by atomic mass is 35.5. The van der Waals surface area contributed by atoms with E-state index in [1.54, 1.807) is 12.1 Å². The third-order valence-electron chi connectivity index (χ3n) is 3.70. The van der Waals surface area contributed by atoms with Gasteiger partial charge in [-0.05, 0) is 18.6 Å². The molecule has 1 heterocycles. The van der Waals surface area contributed by atoms with E-state index in [0.29, 0.717) is 30.3 Å². The van der Waals surface area contributed by atoms with Crippen LogP contribution >= 0.6 is 11.6 Å². The maximum absolute atomic E-state index is 12.2. The number of para-hydroxylation sites is 1. The van der Waals surface area contributed by atoms with E-state index < -0.39 is 12.1 Å². The summed E-state index contributed by atoms with van der Waals surface area (Å²) in [7, 11) is 0. The number of amides is 2. The van der Waals surface area contributed by atoms with Gasteiger partial charge in [-0.2, -0.15) is 0 Å². The first kappa shape index (κ1) is 18.4. The van der Waals surface area contributed by atoms with Crippen LogP contribution in [-0.2, 0) is 9.53 Å². The molecule has 0 bridgehead atoms. The number of hydrogen-bond donors (Lipinski definition) is 2. The number of carboxylic acid groups (broad SMARTS) is 1. The van der Waals surface area contributed by atoms with Crippen molar-refractivity contribution in [1.82, 2.24) is 10.2 Å². The zero-order chi connectivity index (χ0) is 17.5. The predicted molar refractivity (Wildman–Crippen MR) is 88.5 cm³/mol. The average Bonchev–Trinajstić information content (AvgIpc) is 2.60. The topological polar surface area (TPSA) is 88.1 Å². The van der Waals surface area contributed by atoms with Crippen molar-refractivity contribution in [1.29, 1.82) is 0 Å². The van der Waals surface area contributed by atoms with Crippen molar-refractivity contribution in [2.75, 3.05) is 26.2 Å². The highest BCUT2D eigenvalue weighted by Gasteiger charge is 2.29. The van der Waals surface area contributed by atoms with Crippen molar-refractivity contribution in [3.05, 3.63) is 29.3 Å². The van der Waals surface area contributed by atoms with Gasteiger partial charge in [-0.3, -0.25) is 0 Å². The standard InChI is InChI=1S/C16H21ClN2O5/c1-2-11(24-13-6-4-3-5-12(13)17)9-18-16(22)19-7-8-23-14(10-19)15(20)21/h3-6,11,14H,2,7-10H2,1H3,(H,18,22)(H,20,21). The maximum Gasteiger partial charge on any atom is 0.334 e. The molecule has 1 aromatic rings. The molecule has 132 valence electrons. The minimum Gasteiger partial charge on any atom is -0.487 e. The Morgan fingerprint density at radius 2 is 2.25 bits per heavy atom. The second-order valence-electron chi connectivity index (χ2n) is 5.41. The first-order chi connectivity index (χ1) is 11.5. The van der Waals surface area contributed by atoms with Crippen LogP contribution in [0.2, 0.25) is 5.02 Å². The molecule has 1 aliphatic rings. The summed E-state index contributed by atoms with van der Waals surface area (Å²) >= 11 is 6.07. The lowest BCUT2D eigenvalue weighted by Crippen LogP contribution is -2.52. The lowest BCUT2D eigenvalue weighted by atomic mass is 10.2. The Bertz CT molecular complexity index is 583. The molecule has 1 aliphatic heterocycles. The van der Waals surface area contributed by atoms with E-state index in [0.717, 1.165) is 0 Å². The van der Waals surface area contributed by atoms with Crippen molar-refractivity contribution in [3.8, 4) is 5.75 Å². The first-order valence-corrected chi connectivity index (χ1v) is 8.17. The second-order valence-corrected chi connectivity index (χ2v) is 5.82. The van der Waals surface area contributed by atoms with Gasteiger partial charge in [0, 0.05) is 6.54 Å². The Morgan fingerprint density at radius 1 is 1.50 bits per heavy atom. The van der Waals surface area contributed by atoms with Crippen LogP contribution in [0.1, 0.15) is 13.3 Å². The van der Waals surface area contributed by atoms with Crippen molar-refractivity contribution in [3.63, 3.8) is 0 Å². The highest BCUT2D eigenvalue weighted by molar-refractivity contribution is 6.32. The van der Waals surface area contributed by atoms with Gasteiger partial charge in [-0.15, -0.1) is 0 Å². The van der Waals surface area contributed by atoms with Crippen LogP contribution in [0.25, 0.3) is 0 Å². The quantitative estimate of drug-likeness (QED) is 0.813. The number of morpholine rings is 1. The second kappa shape index (κ2) is 8.75. The molecule has 2 atom stereocenters. The molecule has 0 aliphatic carbocycles. The molecule has 7 nitrogen and oxygen atoms in total. The molecule has 2 rings (SSSR count). The number of carbonyl (C=O) groups is 2. The fourth-order valence-electron chi connectivity index (χ4n) is 2.29. The number of aliphatic carboxylic acids is 1. The van der Waals surface area contributed by atoms with E-state index in [4.69, 9.17) is 26.2 Å². The van der Waals surface area contributed by atoms with Crippen LogP contribution in [0.3, 0.4) is 0 Å². The van der Waals surface area contributed by atoms with Crippen LogP contribution in [0.15, 0.2) is 24.3 Å². The van der Waals surface area contributed by atoms with Crippen LogP contribution in [0.5, 0.6) is 5.75 Å². The maximum atomic E-state index is 12.2. The highest BCUT2D eigenvalue weighted by Crippen LogP contribution is 2.24. The van der Waals surface area contributed by atoms with E-state index in [2.05, 4.69) is 5.32 Å². The van der Waals surface area contributed by atoms with Gasteiger partial charge in [0.1, 0.15) is 11.9 Å². The minimum atomic E-state index is -1.07. The Morgan fingerprint density at radius 3 is 2.92 bits per heavy atom. The zero-order valence-electron chi connectivity index (χ0n) is 13.4. The number of halogens is 1. The van der Waals surface area contributed by atoms with Gasteiger partial charge in [0.25, 0.3) is 0 Å². The smallest absolute Gasteiger partial charge is 0.334 e. The number of benzene rings is 1. The predicted octanol–water partition coefficient (Wildman–Crippen LogP) is 1.99. The summed E-state index contributed by atoms with van der Waals surface area (Å²) in [5.74, 6) is -0.501.